The number of rotatable bonds is 3. The molecule has 0 aliphatic heterocycles. The highest BCUT2D eigenvalue weighted by molar-refractivity contribution is 5.47. The predicted octanol–water partition coefficient (Wildman–Crippen LogP) is 3.84. The van der Waals surface area contributed by atoms with Gasteiger partial charge in [-0.05, 0) is 55.7 Å². The van der Waals surface area contributed by atoms with Crippen LogP contribution in [0.4, 0.5) is 4.39 Å². The van der Waals surface area contributed by atoms with Crippen molar-refractivity contribution in [3.05, 3.63) is 64.0 Å². The van der Waals surface area contributed by atoms with Crippen LogP contribution in [0.5, 0.6) is 5.75 Å². The summed E-state index contributed by atoms with van der Waals surface area (Å²) >= 11 is 0. The first-order chi connectivity index (χ1) is 9.43. The molecule has 0 bridgehead atoms. The molecule has 0 radical (unpaired) electrons. The summed E-state index contributed by atoms with van der Waals surface area (Å²) in [5.74, 6) is 0.0977. The van der Waals surface area contributed by atoms with E-state index in [-0.39, 0.29) is 5.82 Å². The molecular weight excluding hydrogens is 255 g/mol. The van der Waals surface area contributed by atoms with Gasteiger partial charge in [0.1, 0.15) is 17.7 Å². The van der Waals surface area contributed by atoms with Gasteiger partial charge in [0.25, 0.3) is 0 Å². The molecular formula is C17H19FO2. The van der Waals surface area contributed by atoms with Crippen LogP contribution in [0.15, 0.2) is 30.3 Å². The Labute approximate surface area is 118 Å². The summed E-state index contributed by atoms with van der Waals surface area (Å²) in [5, 5.41) is 10.6. The van der Waals surface area contributed by atoms with Crippen LogP contribution in [0.25, 0.3) is 0 Å². The lowest BCUT2D eigenvalue weighted by Crippen LogP contribution is -2.07. The number of aliphatic hydroxyl groups excluding tert-OH is 1. The van der Waals surface area contributed by atoms with Crippen LogP contribution in [0, 0.1) is 26.6 Å². The van der Waals surface area contributed by atoms with Gasteiger partial charge in [0, 0.05) is 5.56 Å². The first-order valence-electron chi connectivity index (χ1n) is 6.53. The summed E-state index contributed by atoms with van der Waals surface area (Å²) in [6.07, 6.45) is -0.902. The van der Waals surface area contributed by atoms with Crippen molar-refractivity contribution in [2.45, 2.75) is 26.9 Å². The smallest absolute Gasteiger partial charge is 0.125 e. The Morgan fingerprint density at radius 2 is 1.65 bits per heavy atom. The minimum Gasteiger partial charge on any atom is -0.496 e. The van der Waals surface area contributed by atoms with E-state index in [0.717, 1.165) is 22.3 Å². The standard InChI is InChI=1S/C17H19FO2/c1-10-7-11(2)16(12(3)8-10)17(19)14-9-13(18)5-6-15(14)20-4/h5-9,17,19H,1-4H3. The lowest BCUT2D eigenvalue weighted by molar-refractivity contribution is 0.212. The number of aliphatic hydroxyl groups is 1. The molecule has 0 spiro atoms. The quantitative estimate of drug-likeness (QED) is 0.921. The summed E-state index contributed by atoms with van der Waals surface area (Å²) in [7, 11) is 1.51. The van der Waals surface area contributed by atoms with Gasteiger partial charge < -0.3 is 9.84 Å². The van der Waals surface area contributed by atoms with Gasteiger partial charge in [0.2, 0.25) is 0 Å². The molecule has 1 N–H and O–H groups in total. The molecule has 2 aromatic rings. The van der Waals surface area contributed by atoms with E-state index in [2.05, 4.69) is 0 Å². The molecule has 1 atom stereocenters. The van der Waals surface area contributed by atoms with Gasteiger partial charge in [-0.2, -0.15) is 0 Å². The molecule has 0 aliphatic carbocycles. The SMILES string of the molecule is COc1ccc(F)cc1C(O)c1c(C)cc(C)cc1C. The van der Waals surface area contributed by atoms with Crippen LogP contribution < -0.4 is 4.74 Å². The van der Waals surface area contributed by atoms with Crippen molar-refractivity contribution < 1.29 is 14.2 Å². The first-order valence-corrected chi connectivity index (χ1v) is 6.53. The van der Waals surface area contributed by atoms with Gasteiger partial charge in [-0.1, -0.05) is 17.7 Å². The van der Waals surface area contributed by atoms with Crippen LogP contribution in [0.2, 0.25) is 0 Å². The Bertz CT molecular complexity index is 612. The van der Waals surface area contributed by atoms with Crippen LogP contribution in [-0.4, -0.2) is 12.2 Å². The van der Waals surface area contributed by atoms with Crippen LogP contribution in [0.3, 0.4) is 0 Å². The van der Waals surface area contributed by atoms with Gasteiger partial charge in [-0.3, -0.25) is 0 Å². The second-order valence-electron chi connectivity index (χ2n) is 5.10. The molecule has 106 valence electrons. The zero-order valence-corrected chi connectivity index (χ0v) is 12.2. The van der Waals surface area contributed by atoms with Crippen molar-refractivity contribution >= 4 is 0 Å². The zero-order chi connectivity index (χ0) is 14.9. The van der Waals surface area contributed by atoms with Gasteiger partial charge in [-0.15, -0.1) is 0 Å². The van der Waals surface area contributed by atoms with Crippen LogP contribution in [0.1, 0.15) is 33.9 Å². The third kappa shape index (κ3) is 2.68. The number of halogens is 1. The van der Waals surface area contributed by atoms with Crippen molar-refractivity contribution in [2.24, 2.45) is 0 Å². The zero-order valence-electron chi connectivity index (χ0n) is 12.2. The minimum absolute atomic E-state index is 0.387. The summed E-state index contributed by atoms with van der Waals surface area (Å²) < 4.78 is 18.7. The fourth-order valence-electron chi connectivity index (χ4n) is 2.70. The normalized spacial score (nSPS) is 12.3. The van der Waals surface area contributed by atoms with E-state index >= 15 is 0 Å². The molecule has 1 unspecified atom stereocenters. The maximum absolute atomic E-state index is 13.5. The topological polar surface area (TPSA) is 29.5 Å². The Hall–Kier alpha value is -1.87. The molecule has 0 heterocycles. The Balaban J connectivity index is 2.57. The first kappa shape index (κ1) is 14.5. The molecule has 2 aromatic carbocycles. The predicted molar refractivity (Wildman–Crippen MR) is 77.7 cm³/mol. The van der Waals surface area contributed by atoms with E-state index in [9.17, 15) is 9.50 Å². The van der Waals surface area contributed by atoms with Crippen molar-refractivity contribution in [1.82, 2.24) is 0 Å². The van der Waals surface area contributed by atoms with Gasteiger partial charge in [0.15, 0.2) is 0 Å². The number of methoxy groups -OCH3 is 1. The van der Waals surface area contributed by atoms with Crippen molar-refractivity contribution in [1.29, 1.82) is 0 Å². The van der Waals surface area contributed by atoms with Gasteiger partial charge >= 0.3 is 0 Å². The Morgan fingerprint density at radius 3 is 2.20 bits per heavy atom. The Kier molecular flexibility index (Phi) is 4.09. The summed E-state index contributed by atoms with van der Waals surface area (Å²) in [6, 6.07) is 8.20. The van der Waals surface area contributed by atoms with E-state index in [1.165, 1.54) is 25.3 Å². The van der Waals surface area contributed by atoms with Crippen LogP contribution >= 0.6 is 0 Å². The summed E-state index contributed by atoms with van der Waals surface area (Å²) in [4.78, 5) is 0. The molecule has 20 heavy (non-hydrogen) atoms. The number of benzene rings is 2. The van der Waals surface area contributed by atoms with Crippen LogP contribution in [-0.2, 0) is 0 Å². The lowest BCUT2D eigenvalue weighted by Gasteiger charge is -2.20. The molecule has 3 heteroatoms. The van der Waals surface area contributed by atoms with E-state index < -0.39 is 6.10 Å². The molecule has 0 amide bonds. The monoisotopic (exact) mass is 274 g/mol. The van der Waals surface area contributed by atoms with E-state index in [1.807, 2.05) is 32.9 Å². The average molecular weight is 274 g/mol. The number of hydrogen-bond donors (Lipinski definition) is 1. The third-order valence-corrected chi connectivity index (χ3v) is 3.50. The second-order valence-corrected chi connectivity index (χ2v) is 5.10. The summed E-state index contributed by atoms with van der Waals surface area (Å²) in [5.41, 5.74) is 4.37. The molecule has 2 rings (SSSR count). The fourth-order valence-corrected chi connectivity index (χ4v) is 2.70. The fraction of sp³-hybridized carbons (Fsp3) is 0.294. The van der Waals surface area contributed by atoms with E-state index in [4.69, 9.17) is 4.74 Å². The highest BCUT2D eigenvalue weighted by Gasteiger charge is 2.20. The molecule has 2 nitrogen and oxygen atoms in total. The number of ether oxygens (including phenoxy) is 1. The highest BCUT2D eigenvalue weighted by Crippen LogP contribution is 2.34. The summed E-state index contributed by atoms with van der Waals surface area (Å²) in [6.45, 7) is 5.91. The maximum Gasteiger partial charge on any atom is 0.125 e. The average Bonchev–Trinajstić information content (AvgIpc) is 2.37. The van der Waals surface area contributed by atoms with Crippen molar-refractivity contribution in [3.8, 4) is 5.75 Å². The minimum atomic E-state index is -0.902. The molecule has 0 fully saturated rings. The maximum atomic E-state index is 13.5. The molecule has 0 saturated carbocycles. The second kappa shape index (κ2) is 5.63. The lowest BCUT2D eigenvalue weighted by atomic mass is 9.91. The van der Waals surface area contributed by atoms with Crippen molar-refractivity contribution in [2.75, 3.05) is 7.11 Å². The highest BCUT2D eigenvalue weighted by atomic mass is 19.1. The van der Waals surface area contributed by atoms with Gasteiger partial charge in [0.05, 0.1) is 7.11 Å². The largest absolute Gasteiger partial charge is 0.496 e. The number of hydrogen-bond acceptors (Lipinski definition) is 2. The van der Waals surface area contributed by atoms with Gasteiger partial charge in [-0.25, -0.2) is 4.39 Å². The Morgan fingerprint density at radius 1 is 1.05 bits per heavy atom. The third-order valence-electron chi connectivity index (χ3n) is 3.50. The molecule has 0 aromatic heterocycles. The number of aryl methyl sites for hydroxylation is 3. The van der Waals surface area contributed by atoms with Crippen molar-refractivity contribution in [3.63, 3.8) is 0 Å². The van der Waals surface area contributed by atoms with E-state index in [1.54, 1.807) is 0 Å². The molecule has 0 saturated heterocycles. The molecule has 0 aliphatic rings. The van der Waals surface area contributed by atoms with E-state index in [0.29, 0.717) is 11.3 Å².